The smallest absolute Gasteiger partial charge is 0.148 e. The molecule has 0 unspecified atom stereocenters. The fourth-order valence-corrected chi connectivity index (χ4v) is 2.11. The van der Waals surface area contributed by atoms with Crippen molar-refractivity contribution in [3.63, 3.8) is 0 Å². The van der Waals surface area contributed by atoms with Gasteiger partial charge in [0.25, 0.3) is 0 Å². The van der Waals surface area contributed by atoms with Gasteiger partial charge in [0.15, 0.2) is 0 Å². The first-order valence-electron chi connectivity index (χ1n) is 7.14. The molecule has 20 heavy (non-hydrogen) atoms. The van der Waals surface area contributed by atoms with Crippen molar-refractivity contribution in [1.29, 1.82) is 0 Å². The summed E-state index contributed by atoms with van der Waals surface area (Å²) >= 11 is 0. The van der Waals surface area contributed by atoms with E-state index in [4.69, 9.17) is 4.74 Å². The minimum Gasteiger partial charge on any atom is -0.497 e. The molecule has 0 saturated carbocycles. The third kappa shape index (κ3) is 3.76. The van der Waals surface area contributed by atoms with Crippen LogP contribution in [0.3, 0.4) is 0 Å². The number of methoxy groups -OCH3 is 1. The molecule has 2 aromatic rings. The SMILES string of the molecule is CCCCn1nc(NCc2cccc(OC)c2)cc1C. The summed E-state index contributed by atoms with van der Waals surface area (Å²) in [5.74, 6) is 1.82. The highest BCUT2D eigenvalue weighted by Crippen LogP contribution is 2.15. The summed E-state index contributed by atoms with van der Waals surface area (Å²) in [6.07, 6.45) is 2.35. The van der Waals surface area contributed by atoms with Crippen LogP contribution >= 0.6 is 0 Å². The predicted octanol–water partition coefficient (Wildman–Crippen LogP) is 3.61. The van der Waals surface area contributed by atoms with Gasteiger partial charge >= 0.3 is 0 Å². The Kier molecular flexibility index (Phi) is 5.04. The van der Waals surface area contributed by atoms with E-state index in [2.05, 4.69) is 41.1 Å². The Bertz CT molecular complexity index is 548. The minimum atomic E-state index is 0.751. The average molecular weight is 273 g/mol. The van der Waals surface area contributed by atoms with Crippen LogP contribution in [0.4, 0.5) is 5.82 Å². The second kappa shape index (κ2) is 6.98. The van der Waals surface area contributed by atoms with E-state index in [1.807, 2.05) is 18.2 Å². The summed E-state index contributed by atoms with van der Waals surface area (Å²) in [4.78, 5) is 0. The zero-order valence-corrected chi connectivity index (χ0v) is 12.5. The number of rotatable bonds is 7. The lowest BCUT2D eigenvalue weighted by atomic mass is 10.2. The normalized spacial score (nSPS) is 10.6. The molecule has 1 aromatic heterocycles. The molecular formula is C16H23N3O. The molecule has 1 heterocycles. The number of aryl methyl sites for hydroxylation is 2. The molecule has 0 bridgehead atoms. The third-order valence-electron chi connectivity index (χ3n) is 3.31. The lowest BCUT2D eigenvalue weighted by Gasteiger charge is -2.05. The zero-order valence-electron chi connectivity index (χ0n) is 12.5. The third-order valence-corrected chi connectivity index (χ3v) is 3.31. The lowest BCUT2D eigenvalue weighted by molar-refractivity contribution is 0.414. The molecule has 0 aliphatic carbocycles. The van der Waals surface area contributed by atoms with Crippen molar-refractivity contribution in [3.05, 3.63) is 41.6 Å². The fourth-order valence-electron chi connectivity index (χ4n) is 2.11. The van der Waals surface area contributed by atoms with E-state index in [9.17, 15) is 0 Å². The van der Waals surface area contributed by atoms with Gasteiger partial charge in [-0.2, -0.15) is 5.10 Å². The van der Waals surface area contributed by atoms with Crippen LogP contribution in [0.2, 0.25) is 0 Å². The second-order valence-corrected chi connectivity index (χ2v) is 4.95. The highest BCUT2D eigenvalue weighted by molar-refractivity contribution is 5.38. The Morgan fingerprint density at radius 1 is 1.30 bits per heavy atom. The highest BCUT2D eigenvalue weighted by Gasteiger charge is 2.04. The molecule has 0 amide bonds. The molecule has 0 spiro atoms. The van der Waals surface area contributed by atoms with E-state index in [-0.39, 0.29) is 0 Å². The molecule has 2 rings (SSSR count). The summed E-state index contributed by atoms with van der Waals surface area (Å²) < 4.78 is 7.29. The summed E-state index contributed by atoms with van der Waals surface area (Å²) in [5, 5.41) is 7.94. The van der Waals surface area contributed by atoms with Gasteiger partial charge in [-0.1, -0.05) is 25.5 Å². The van der Waals surface area contributed by atoms with E-state index in [0.717, 1.165) is 31.1 Å². The molecule has 0 aliphatic heterocycles. The number of ether oxygens (including phenoxy) is 1. The summed E-state index contributed by atoms with van der Waals surface area (Å²) in [7, 11) is 1.69. The number of nitrogens with zero attached hydrogens (tertiary/aromatic N) is 2. The Balaban J connectivity index is 1.96. The first-order chi connectivity index (χ1) is 9.72. The number of benzene rings is 1. The zero-order chi connectivity index (χ0) is 14.4. The Hall–Kier alpha value is -1.97. The molecule has 0 saturated heterocycles. The molecule has 1 N–H and O–H groups in total. The number of anilines is 1. The topological polar surface area (TPSA) is 39.1 Å². The number of hydrogen-bond donors (Lipinski definition) is 1. The first kappa shape index (κ1) is 14.4. The minimum absolute atomic E-state index is 0.751. The quantitative estimate of drug-likeness (QED) is 0.837. The van der Waals surface area contributed by atoms with Crippen LogP contribution < -0.4 is 10.1 Å². The monoisotopic (exact) mass is 273 g/mol. The summed E-state index contributed by atoms with van der Waals surface area (Å²) in [6, 6.07) is 10.2. The molecule has 4 heteroatoms. The molecule has 0 aliphatic rings. The van der Waals surface area contributed by atoms with Crippen molar-refractivity contribution in [1.82, 2.24) is 9.78 Å². The van der Waals surface area contributed by atoms with Crippen LogP contribution in [-0.4, -0.2) is 16.9 Å². The maximum atomic E-state index is 5.23. The molecule has 4 nitrogen and oxygen atoms in total. The van der Waals surface area contributed by atoms with E-state index >= 15 is 0 Å². The maximum absolute atomic E-state index is 5.23. The second-order valence-electron chi connectivity index (χ2n) is 4.95. The van der Waals surface area contributed by atoms with Crippen LogP contribution in [0.25, 0.3) is 0 Å². The summed E-state index contributed by atoms with van der Waals surface area (Å²) in [5.41, 5.74) is 2.39. The number of nitrogens with one attached hydrogen (secondary N) is 1. The van der Waals surface area contributed by atoms with Gasteiger partial charge in [0.05, 0.1) is 7.11 Å². The lowest BCUT2D eigenvalue weighted by Crippen LogP contribution is -2.04. The van der Waals surface area contributed by atoms with Crippen LogP contribution in [-0.2, 0) is 13.1 Å². The Morgan fingerprint density at radius 3 is 2.90 bits per heavy atom. The number of unbranched alkanes of at least 4 members (excludes halogenated alkanes) is 1. The van der Waals surface area contributed by atoms with Crippen molar-refractivity contribution in [2.24, 2.45) is 0 Å². The van der Waals surface area contributed by atoms with Gasteiger partial charge in [0.2, 0.25) is 0 Å². The van der Waals surface area contributed by atoms with Gasteiger partial charge in [0, 0.05) is 24.8 Å². The van der Waals surface area contributed by atoms with Gasteiger partial charge in [0.1, 0.15) is 11.6 Å². The van der Waals surface area contributed by atoms with Crippen LogP contribution in [0, 0.1) is 6.92 Å². The molecule has 0 radical (unpaired) electrons. The molecule has 0 atom stereocenters. The first-order valence-corrected chi connectivity index (χ1v) is 7.14. The standard InChI is InChI=1S/C16H23N3O/c1-4-5-9-19-13(2)10-16(18-19)17-12-14-7-6-8-15(11-14)20-3/h6-8,10-11H,4-5,9,12H2,1-3H3,(H,17,18). The van der Waals surface area contributed by atoms with E-state index < -0.39 is 0 Å². The summed E-state index contributed by atoms with van der Waals surface area (Å²) in [6.45, 7) is 6.03. The molecule has 108 valence electrons. The van der Waals surface area contributed by atoms with Gasteiger partial charge in [-0.3, -0.25) is 4.68 Å². The van der Waals surface area contributed by atoms with Crippen LogP contribution in [0.15, 0.2) is 30.3 Å². The van der Waals surface area contributed by atoms with Crippen molar-refractivity contribution in [2.45, 2.75) is 39.8 Å². The van der Waals surface area contributed by atoms with Crippen LogP contribution in [0.5, 0.6) is 5.75 Å². The predicted molar refractivity (Wildman–Crippen MR) is 82.2 cm³/mol. The Labute approximate surface area is 120 Å². The van der Waals surface area contributed by atoms with Crippen LogP contribution in [0.1, 0.15) is 31.0 Å². The average Bonchev–Trinajstić information content (AvgIpc) is 2.83. The number of aromatic nitrogens is 2. The molecular weight excluding hydrogens is 250 g/mol. The highest BCUT2D eigenvalue weighted by atomic mass is 16.5. The molecule has 1 aromatic carbocycles. The van der Waals surface area contributed by atoms with E-state index in [1.165, 1.54) is 17.7 Å². The largest absolute Gasteiger partial charge is 0.497 e. The van der Waals surface area contributed by atoms with Gasteiger partial charge in [-0.05, 0) is 31.0 Å². The Morgan fingerprint density at radius 2 is 2.15 bits per heavy atom. The fraction of sp³-hybridized carbons (Fsp3) is 0.438. The van der Waals surface area contributed by atoms with Crippen molar-refractivity contribution in [2.75, 3.05) is 12.4 Å². The van der Waals surface area contributed by atoms with Crippen molar-refractivity contribution < 1.29 is 4.74 Å². The van der Waals surface area contributed by atoms with Gasteiger partial charge < -0.3 is 10.1 Å². The number of hydrogen-bond acceptors (Lipinski definition) is 3. The maximum Gasteiger partial charge on any atom is 0.148 e. The van der Waals surface area contributed by atoms with Crippen molar-refractivity contribution in [3.8, 4) is 5.75 Å². The molecule has 0 fully saturated rings. The van der Waals surface area contributed by atoms with Gasteiger partial charge in [-0.15, -0.1) is 0 Å². The van der Waals surface area contributed by atoms with E-state index in [0.29, 0.717) is 0 Å². The van der Waals surface area contributed by atoms with E-state index in [1.54, 1.807) is 7.11 Å². The van der Waals surface area contributed by atoms with Gasteiger partial charge in [-0.25, -0.2) is 0 Å². The van der Waals surface area contributed by atoms with Crippen molar-refractivity contribution >= 4 is 5.82 Å².